The highest BCUT2D eigenvalue weighted by molar-refractivity contribution is 6.30. The van der Waals surface area contributed by atoms with Gasteiger partial charge in [0.25, 0.3) is 0 Å². The summed E-state index contributed by atoms with van der Waals surface area (Å²) in [5.41, 5.74) is 4.19. The molecule has 1 aliphatic heterocycles. The van der Waals surface area contributed by atoms with E-state index < -0.39 is 5.82 Å². The zero-order valence-electron chi connectivity index (χ0n) is 25.3. The number of terminal acetylenes is 1. The van der Waals surface area contributed by atoms with E-state index in [2.05, 4.69) is 32.8 Å². The molecule has 2 aromatic heterocycles. The number of halogens is 2. The van der Waals surface area contributed by atoms with Gasteiger partial charge >= 0.3 is 0 Å². The van der Waals surface area contributed by atoms with Gasteiger partial charge in [-0.05, 0) is 69.6 Å². The molecule has 1 saturated heterocycles. The number of carbonyl (C=O) groups excluding carboxylic acids is 1. The van der Waals surface area contributed by atoms with Crippen LogP contribution in [0, 0.1) is 32.5 Å². The van der Waals surface area contributed by atoms with Crippen LogP contribution in [0.15, 0.2) is 59.0 Å². The van der Waals surface area contributed by atoms with Crippen molar-refractivity contribution < 1.29 is 18.3 Å². The fourth-order valence-corrected chi connectivity index (χ4v) is 5.42. The van der Waals surface area contributed by atoms with Gasteiger partial charge in [-0.3, -0.25) is 4.79 Å². The molecule has 3 heterocycles. The highest BCUT2D eigenvalue weighted by atomic mass is 35.5. The van der Waals surface area contributed by atoms with E-state index in [1.165, 1.54) is 6.07 Å². The molecule has 0 aliphatic carbocycles. The number of hydrogen-bond donors (Lipinski definition) is 0. The monoisotopic (exact) mass is 617 g/mol. The van der Waals surface area contributed by atoms with Crippen molar-refractivity contribution in [3.05, 3.63) is 99.6 Å². The molecule has 0 bridgehead atoms. The number of anilines is 1. The molecule has 44 heavy (non-hydrogen) atoms. The van der Waals surface area contributed by atoms with Crippen LogP contribution < -0.4 is 9.64 Å². The number of benzene rings is 2. The molecule has 4 aromatic rings. The second-order valence-corrected chi connectivity index (χ2v) is 11.2. The van der Waals surface area contributed by atoms with Crippen LogP contribution in [0.2, 0.25) is 5.02 Å². The summed E-state index contributed by atoms with van der Waals surface area (Å²) in [6.07, 6.45) is 9.95. The number of ketones is 1. The Hall–Kier alpha value is -4.26. The summed E-state index contributed by atoms with van der Waals surface area (Å²) in [6.45, 7) is 9.45. The van der Waals surface area contributed by atoms with Gasteiger partial charge in [0.2, 0.25) is 17.7 Å². The number of piperidine rings is 1. The number of aryl methyl sites for hydroxylation is 2. The molecule has 0 radical (unpaired) electrons. The van der Waals surface area contributed by atoms with Crippen LogP contribution in [0.25, 0.3) is 0 Å². The number of likely N-dealkylation sites (tertiary alicyclic amines) is 1. The minimum Gasteiger partial charge on any atom is -0.473 e. The number of nitrogens with zero attached hydrogens (tertiary/aromatic N) is 5. The third-order valence-electron chi connectivity index (χ3n) is 7.68. The van der Waals surface area contributed by atoms with Crippen LogP contribution in [0.3, 0.4) is 0 Å². The Labute approximate surface area is 263 Å². The van der Waals surface area contributed by atoms with E-state index in [1.54, 1.807) is 32.0 Å². The van der Waals surface area contributed by atoms with Crippen LogP contribution in [-0.4, -0.2) is 52.0 Å². The van der Waals surface area contributed by atoms with Gasteiger partial charge in [-0.15, -0.1) is 23.0 Å². The molecule has 0 unspecified atom stereocenters. The van der Waals surface area contributed by atoms with Crippen LogP contribution in [0.4, 0.5) is 10.1 Å². The highest BCUT2D eigenvalue weighted by Gasteiger charge is 2.23. The van der Waals surface area contributed by atoms with Gasteiger partial charge in [0.1, 0.15) is 12.4 Å². The normalized spacial score (nSPS) is 13.6. The molecule has 5 rings (SSSR count). The third kappa shape index (κ3) is 8.65. The minimum atomic E-state index is -0.390. The Morgan fingerprint density at radius 3 is 2.57 bits per heavy atom. The van der Waals surface area contributed by atoms with Crippen molar-refractivity contribution in [2.24, 2.45) is 0 Å². The van der Waals surface area contributed by atoms with Gasteiger partial charge in [0.05, 0.1) is 6.54 Å². The van der Waals surface area contributed by atoms with E-state index in [1.807, 2.05) is 37.3 Å². The number of rotatable bonds is 11. The molecule has 0 spiro atoms. The topological polar surface area (TPSA) is 84.6 Å². The van der Waals surface area contributed by atoms with Gasteiger partial charge in [-0.1, -0.05) is 35.9 Å². The Bertz CT molecular complexity index is 1580. The smallest absolute Gasteiger partial charge is 0.235 e. The summed E-state index contributed by atoms with van der Waals surface area (Å²) in [5, 5.41) is 8.54. The molecule has 0 atom stereocenters. The Morgan fingerprint density at radius 2 is 1.89 bits per heavy atom. The lowest BCUT2D eigenvalue weighted by Crippen LogP contribution is -2.39. The zero-order chi connectivity index (χ0) is 31.6. The molecule has 230 valence electrons. The third-order valence-corrected chi connectivity index (χ3v) is 7.91. The molecule has 10 heteroatoms. The largest absolute Gasteiger partial charge is 0.473 e. The van der Waals surface area contributed by atoms with Gasteiger partial charge in [-0.2, -0.15) is 0 Å². The molecule has 0 amide bonds. The number of hydrogen-bond acceptors (Lipinski definition) is 8. The average molecular weight is 618 g/mol. The van der Waals surface area contributed by atoms with Gasteiger partial charge < -0.3 is 19.0 Å². The van der Waals surface area contributed by atoms with E-state index in [0.29, 0.717) is 46.3 Å². The summed E-state index contributed by atoms with van der Waals surface area (Å²) in [4.78, 5) is 21.5. The zero-order valence-corrected chi connectivity index (χ0v) is 26.1. The Kier molecular flexibility index (Phi) is 11.5. The SMILES string of the molecule is C#C.CC(=O)c1ccc(C)c(N(CCN2CCC(c3cccc(OCc4ccc(Cl)cc4F)n3)CC2)Cc2nnc(C)o2)c1. The first-order valence-corrected chi connectivity index (χ1v) is 14.9. The van der Waals surface area contributed by atoms with Crippen molar-refractivity contribution in [1.82, 2.24) is 20.1 Å². The lowest BCUT2D eigenvalue weighted by molar-refractivity contribution is 0.101. The fraction of sp³-hybridized carbons (Fsp3) is 0.353. The molecule has 0 N–H and O–H groups in total. The predicted molar refractivity (Wildman–Crippen MR) is 170 cm³/mol. The first-order chi connectivity index (χ1) is 21.2. The Morgan fingerprint density at radius 1 is 1.11 bits per heavy atom. The second kappa shape index (κ2) is 15.5. The molecule has 8 nitrogen and oxygen atoms in total. The van der Waals surface area contributed by atoms with Crippen molar-refractivity contribution in [2.75, 3.05) is 31.1 Å². The van der Waals surface area contributed by atoms with Gasteiger partial charge in [0, 0.05) is 59.5 Å². The summed E-state index contributed by atoms with van der Waals surface area (Å²) < 4.78 is 25.6. The maximum absolute atomic E-state index is 14.1. The van der Waals surface area contributed by atoms with Crippen molar-refractivity contribution >= 4 is 23.1 Å². The molecule has 1 aliphatic rings. The fourth-order valence-electron chi connectivity index (χ4n) is 5.26. The van der Waals surface area contributed by atoms with Crippen molar-refractivity contribution in [3.8, 4) is 18.7 Å². The standard InChI is InChI=1S/C32H35ClFN5O3.C2H2/c1-21-7-8-25(22(2)40)17-30(21)39(19-32-37-36-23(3)42-32)16-15-38-13-11-24(12-14-38)29-5-4-6-31(35-29)41-20-26-9-10-27(33)18-28(26)34;1-2/h4-10,17-18,24H,11-16,19-20H2,1-3H3;1-2H. The summed E-state index contributed by atoms with van der Waals surface area (Å²) in [5.74, 6) is 1.53. The van der Waals surface area contributed by atoms with E-state index in [9.17, 15) is 9.18 Å². The summed E-state index contributed by atoms with van der Waals surface area (Å²) in [7, 11) is 0. The first-order valence-electron chi connectivity index (χ1n) is 14.5. The number of pyridine rings is 1. The van der Waals surface area contributed by atoms with Crippen LogP contribution in [-0.2, 0) is 13.2 Å². The van der Waals surface area contributed by atoms with Crippen LogP contribution >= 0.6 is 11.6 Å². The summed E-state index contributed by atoms with van der Waals surface area (Å²) >= 11 is 5.85. The van der Waals surface area contributed by atoms with Crippen molar-refractivity contribution in [1.29, 1.82) is 0 Å². The number of Topliss-reactive ketones (excluding diaryl/α,β-unsaturated/α-hetero) is 1. The van der Waals surface area contributed by atoms with Gasteiger partial charge in [0.15, 0.2) is 5.78 Å². The summed E-state index contributed by atoms with van der Waals surface area (Å²) in [6, 6.07) is 16.1. The quantitative estimate of drug-likeness (QED) is 0.134. The molecular weight excluding hydrogens is 581 g/mol. The maximum atomic E-state index is 14.1. The van der Waals surface area contributed by atoms with E-state index >= 15 is 0 Å². The lowest BCUT2D eigenvalue weighted by atomic mass is 9.93. The minimum absolute atomic E-state index is 0.0344. The van der Waals surface area contributed by atoms with Crippen LogP contribution in [0.5, 0.6) is 5.88 Å². The van der Waals surface area contributed by atoms with Crippen LogP contribution in [0.1, 0.15) is 64.6 Å². The maximum Gasteiger partial charge on any atom is 0.235 e. The average Bonchev–Trinajstić information content (AvgIpc) is 3.44. The molecule has 0 saturated carbocycles. The van der Waals surface area contributed by atoms with E-state index in [-0.39, 0.29) is 12.4 Å². The highest BCUT2D eigenvalue weighted by Crippen LogP contribution is 2.29. The molecule has 2 aromatic carbocycles. The molecular formula is C34H37ClFN5O3. The predicted octanol–water partition coefficient (Wildman–Crippen LogP) is 6.79. The van der Waals surface area contributed by atoms with Crippen molar-refractivity contribution in [3.63, 3.8) is 0 Å². The number of carbonyl (C=O) groups is 1. The van der Waals surface area contributed by atoms with E-state index in [0.717, 1.165) is 56.0 Å². The first kappa shape index (κ1) is 32.6. The Balaban J connectivity index is 0.00000216. The lowest BCUT2D eigenvalue weighted by Gasteiger charge is -2.34. The molecule has 1 fully saturated rings. The van der Waals surface area contributed by atoms with E-state index in [4.69, 9.17) is 25.7 Å². The van der Waals surface area contributed by atoms with Gasteiger partial charge in [-0.25, -0.2) is 9.37 Å². The number of aromatic nitrogens is 3. The number of ether oxygens (including phenoxy) is 1. The second-order valence-electron chi connectivity index (χ2n) is 10.7. The van der Waals surface area contributed by atoms with Crippen molar-refractivity contribution in [2.45, 2.75) is 52.7 Å².